The number of guanidine groups is 1. The molecule has 3 aliphatic rings. The van der Waals surface area contributed by atoms with E-state index in [9.17, 15) is 10.1 Å². The van der Waals surface area contributed by atoms with Crippen LogP contribution in [0.3, 0.4) is 0 Å². The molecule has 4 atom stereocenters. The molecule has 0 radical (unpaired) electrons. The van der Waals surface area contributed by atoms with Gasteiger partial charge in [0.1, 0.15) is 17.9 Å². The lowest BCUT2D eigenvalue weighted by Crippen LogP contribution is -2.55. The van der Waals surface area contributed by atoms with Crippen LogP contribution in [0.1, 0.15) is 37.3 Å². The Hall–Kier alpha value is -3.44. The number of carbonyl (C=O) groups is 1. The number of pyridine rings is 1. The van der Waals surface area contributed by atoms with Crippen LogP contribution >= 0.6 is 0 Å². The van der Waals surface area contributed by atoms with Gasteiger partial charge in [-0.15, -0.1) is 0 Å². The monoisotopic (exact) mass is 431 g/mol. The van der Waals surface area contributed by atoms with Gasteiger partial charge in [0, 0.05) is 43.1 Å². The number of benzene rings is 1. The number of nitrogens with two attached hydrogens (primary N) is 1. The van der Waals surface area contributed by atoms with Gasteiger partial charge in [-0.2, -0.15) is 5.26 Å². The smallest absolute Gasteiger partial charge is 0.262 e. The standard InChI is InChI=1S/C24H25N5O3/c1-3-31-17-5-7-21-19(10-17)24(22(30)29(2)23(26)28-24)18-9-15(4-6-20(18)32-21)16-8-14(11-25)12-27-13-16/h4,6,8-9,12-13,17,19,21H,3,5,7,10H2,1-2H3,(H2,26,28). The van der Waals surface area contributed by atoms with E-state index in [0.29, 0.717) is 29.9 Å². The molecule has 1 aliphatic carbocycles. The number of carbonyl (C=O) groups excluding carboxylic acids is 1. The van der Waals surface area contributed by atoms with Crippen molar-refractivity contribution in [1.82, 2.24) is 9.88 Å². The molecular weight excluding hydrogens is 406 g/mol. The lowest BCUT2D eigenvalue weighted by Gasteiger charge is -2.47. The number of ether oxygens (including phenoxy) is 2. The van der Waals surface area contributed by atoms with E-state index in [1.807, 2.05) is 25.1 Å². The third-order valence-corrected chi connectivity index (χ3v) is 6.81. The van der Waals surface area contributed by atoms with Gasteiger partial charge in [-0.05, 0) is 49.9 Å². The van der Waals surface area contributed by atoms with Gasteiger partial charge in [0.25, 0.3) is 5.91 Å². The fraction of sp³-hybridized carbons (Fsp3) is 0.417. The van der Waals surface area contributed by atoms with Gasteiger partial charge in [0.05, 0.1) is 11.7 Å². The number of nitriles is 1. The summed E-state index contributed by atoms with van der Waals surface area (Å²) in [5.74, 6) is 0.524. The van der Waals surface area contributed by atoms with Crippen molar-refractivity contribution in [3.8, 4) is 22.9 Å². The van der Waals surface area contributed by atoms with Gasteiger partial charge < -0.3 is 15.2 Å². The molecule has 5 rings (SSSR count). The Morgan fingerprint density at radius 1 is 1.31 bits per heavy atom. The highest BCUT2D eigenvalue weighted by molar-refractivity contribution is 6.07. The predicted molar refractivity (Wildman–Crippen MR) is 118 cm³/mol. The molecule has 164 valence electrons. The summed E-state index contributed by atoms with van der Waals surface area (Å²) in [6.45, 7) is 2.60. The Morgan fingerprint density at radius 3 is 2.88 bits per heavy atom. The number of hydrogen-bond donors (Lipinski definition) is 1. The number of aliphatic imine (C=N–C) groups is 1. The summed E-state index contributed by atoms with van der Waals surface area (Å²) >= 11 is 0. The van der Waals surface area contributed by atoms with Crippen molar-refractivity contribution in [2.24, 2.45) is 16.6 Å². The molecule has 8 nitrogen and oxygen atoms in total. The molecule has 0 bridgehead atoms. The van der Waals surface area contributed by atoms with Crippen LogP contribution in [0, 0.1) is 17.2 Å². The fourth-order valence-corrected chi connectivity index (χ4v) is 5.28. The van der Waals surface area contributed by atoms with Crippen LogP contribution in [0.15, 0.2) is 41.7 Å². The Balaban J connectivity index is 1.67. The van der Waals surface area contributed by atoms with Gasteiger partial charge >= 0.3 is 0 Å². The molecule has 3 heterocycles. The van der Waals surface area contributed by atoms with Crippen molar-refractivity contribution in [1.29, 1.82) is 5.26 Å². The topological polar surface area (TPSA) is 114 Å². The molecular formula is C24H25N5O3. The average Bonchev–Trinajstić information content (AvgIpc) is 3.04. The summed E-state index contributed by atoms with van der Waals surface area (Å²) < 4.78 is 12.3. The van der Waals surface area contributed by atoms with Crippen LogP contribution in [0.2, 0.25) is 0 Å². The number of nitrogens with zero attached hydrogens (tertiary/aromatic N) is 4. The number of fused-ring (bicyclic) bond motifs is 4. The number of rotatable bonds is 3. The third-order valence-electron chi connectivity index (χ3n) is 6.81. The SMILES string of the molecule is CCOC1CCC2Oc3ccc(-c4cncc(C#N)c4)cc3C3(N=C(N)N(C)C3=O)C2C1. The summed E-state index contributed by atoms with van der Waals surface area (Å²) in [6.07, 6.45) is 5.48. The minimum Gasteiger partial charge on any atom is -0.490 e. The zero-order chi connectivity index (χ0) is 22.5. The number of aromatic nitrogens is 1. The summed E-state index contributed by atoms with van der Waals surface area (Å²) in [5.41, 5.74) is 7.82. The van der Waals surface area contributed by atoms with E-state index in [-0.39, 0.29) is 30.0 Å². The predicted octanol–water partition coefficient (Wildman–Crippen LogP) is 2.57. The second-order valence-electron chi connectivity index (χ2n) is 8.54. The van der Waals surface area contributed by atoms with E-state index in [0.717, 1.165) is 24.0 Å². The highest BCUT2D eigenvalue weighted by atomic mass is 16.5. The second kappa shape index (κ2) is 7.61. The molecule has 2 aliphatic heterocycles. The Bertz CT molecular complexity index is 1160. The Kier molecular flexibility index (Phi) is 4.86. The molecule has 2 N–H and O–H groups in total. The van der Waals surface area contributed by atoms with Gasteiger partial charge in [-0.25, -0.2) is 4.99 Å². The summed E-state index contributed by atoms with van der Waals surface area (Å²) in [7, 11) is 1.66. The van der Waals surface area contributed by atoms with Gasteiger partial charge in [-0.3, -0.25) is 14.7 Å². The van der Waals surface area contributed by atoms with E-state index in [4.69, 9.17) is 20.2 Å². The lowest BCUT2D eigenvalue weighted by atomic mass is 9.66. The fourth-order valence-electron chi connectivity index (χ4n) is 5.28. The number of likely N-dealkylation sites (N-methyl/N-ethyl adjacent to an activating group) is 1. The maximum Gasteiger partial charge on any atom is 0.262 e. The normalized spacial score (nSPS) is 28.5. The molecule has 1 amide bonds. The van der Waals surface area contributed by atoms with Gasteiger partial charge in [-0.1, -0.05) is 6.07 Å². The first-order valence-electron chi connectivity index (χ1n) is 10.9. The van der Waals surface area contributed by atoms with Gasteiger partial charge in [0.2, 0.25) is 0 Å². The molecule has 8 heteroatoms. The quantitative estimate of drug-likeness (QED) is 0.799. The first kappa shape index (κ1) is 20.5. The van der Waals surface area contributed by atoms with Crippen LogP contribution in [0.25, 0.3) is 11.1 Å². The van der Waals surface area contributed by atoms with Crippen molar-refractivity contribution in [3.63, 3.8) is 0 Å². The van der Waals surface area contributed by atoms with E-state index >= 15 is 0 Å². The highest BCUT2D eigenvalue weighted by Gasteiger charge is 2.61. The first-order valence-corrected chi connectivity index (χ1v) is 10.9. The molecule has 1 spiro atoms. The molecule has 4 unspecified atom stereocenters. The Morgan fingerprint density at radius 2 is 2.16 bits per heavy atom. The summed E-state index contributed by atoms with van der Waals surface area (Å²) in [4.78, 5) is 24.1. The van der Waals surface area contributed by atoms with Crippen molar-refractivity contribution >= 4 is 11.9 Å². The molecule has 32 heavy (non-hydrogen) atoms. The average molecular weight is 431 g/mol. The highest BCUT2D eigenvalue weighted by Crippen LogP contribution is 2.54. The zero-order valence-electron chi connectivity index (χ0n) is 18.1. The summed E-state index contributed by atoms with van der Waals surface area (Å²) in [6, 6.07) is 9.64. The molecule has 2 aromatic rings. The van der Waals surface area contributed by atoms with Crippen LogP contribution in [0.4, 0.5) is 0 Å². The largest absolute Gasteiger partial charge is 0.490 e. The maximum absolute atomic E-state index is 13.7. The minimum absolute atomic E-state index is 0.0538. The molecule has 1 fully saturated rings. The molecule has 1 aromatic heterocycles. The Labute approximate surface area is 186 Å². The number of amides is 1. The summed E-state index contributed by atoms with van der Waals surface area (Å²) in [5, 5.41) is 9.26. The van der Waals surface area contributed by atoms with Crippen LogP contribution < -0.4 is 10.5 Å². The first-order chi connectivity index (χ1) is 15.5. The van der Waals surface area contributed by atoms with Crippen molar-refractivity contribution in [2.75, 3.05) is 13.7 Å². The maximum atomic E-state index is 13.7. The van der Waals surface area contributed by atoms with E-state index in [1.54, 1.807) is 19.3 Å². The minimum atomic E-state index is -1.15. The van der Waals surface area contributed by atoms with E-state index in [1.165, 1.54) is 11.1 Å². The van der Waals surface area contributed by atoms with E-state index in [2.05, 4.69) is 11.1 Å². The van der Waals surface area contributed by atoms with Crippen LogP contribution in [-0.2, 0) is 15.1 Å². The molecule has 1 aromatic carbocycles. The molecule has 1 saturated carbocycles. The van der Waals surface area contributed by atoms with Crippen LogP contribution in [-0.4, -0.2) is 47.6 Å². The van der Waals surface area contributed by atoms with E-state index < -0.39 is 5.54 Å². The van der Waals surface area contributed by atoms with Crippen molar-refractivity contribution < 1.29 is 14.3 Å². The third kappa shape index (κ3) is 2.96. The zero-order valence-corrected chi connectivity index (χ0v) is 18.1. The van der Waals surface area contributed by atoms with Crippen LogP contribution in [0.5, 0.6) is 5.75 Å². The van der Waals surface area contributed by atoms with Crippen molar-refractivity contribution in [3.05, 3.63) is 47.8 Å². The number of hydrogen-bond acceptors (Lipinski definition) is 7. The van der Waals surface area contributed by atoms with Gasteiger partial charge in [0.15, 0.2) is 11.5 Å². The lowest BCUT2D eigenvalue weighted by molar-refractivity contribution is -0.139. The second-order valence-corrected chi connectivity index (χ2v) is 8.54. The molecule has 0 saturated heterocycles. The van der Waals surface area contributed by atoms with Crippen molar-refractivity contribution in [2.45, 2.75) is 43.9 Å².